The maximum absolute atomic E-state index is 5.62. The Hall–Kier alpha value is -1.65. The van der Waals surface area contributed by atoms with Crippen molar-refractivity contribution < 1.29 is 4.74 Å². The average molecular weight is 315 g/mol. The molecule has 0 aliphatic heterocycles. The summed E-state index contributed by atoms with van der Waals surface area (Å²) < 4.78 is 5.62. The predicted octanol–water partition coefficient (Wildman–Crippen LogP) is 3.92. The first-order valence-corrected chi connectivity index (χ1v) is 8.29. The molecule has 1 aromatic carbocycles. The smallest absolute Gasteiger partial charge is 0.0720 e. The van der Waals surface area contributed by atoms with Crippen LogP contribution < -0.4 is 5.32 Å². The van der Waals surface area contributed by atoms with E-state index in [0.717, 1.165) is 13.1 Å². The zero-order chi connectivity index (χ0) is 16.9. The number of ether oxygens (including phenoxy) is 1. The van der Waals surface area contributed by atoms with Crippen molar-refractivity contribution in [3.63, 3.8) is 0 Å². The van der Waals surface area contributed by atoms with Crippen LogP contribution in [0.15, 0.2) is 30.5 Å². The second kappa shape index (κ2) is 7.75. The molecule has 23 heavy (non-hydrogen) atoms. The van der Waals surface area contributed by atoms with Crippen LogP contribution in [0.5, 0.6) is 0 Å². The van der Waals surface area contributed by atoms with Crippen molar-refractivity contribution >= 4 is 0 Å². The van der Waals surface area contributed by atoms with E-state index >= 15 is 0 Å². The molecule has 0 amide bonds. The average Bonchev–Trinajstić information content (AvgIpc) is 2.95. The van der Waals surface area contributed by atoms with E-state index < -0.39 is 0 Å². The topological polar surface area (TPSA) is 49.9 Å². The highest BCUT2D eigenvalue weighted by Gasteiger charge is 2.19. The van der Waals surface area contributed by atoms with Gasteiger partial charge in [0, 0.05) is 29.8 Å². The molecule has 0 saturated heterocycles. The Bertz CT molecular complexity index is 594. The first-order valence-electron chi connectivity index (χ1n) is 8.29. The number of rotatable bonds is 7. The number of H-pyrrole nitrogens is 1. The summed E-state index contributed by atoms with van der Waals surface area (Å²) in [5, 5.41) is 10.8. The third-order valence-corrected chi connectivity index (χ3v) is 3.72. The maximum Gasteiger partial charge on any atom is 0.0720 e. The minimum Gasteiger partial charge on any atom is -0.374 e. The lowest BCUT2D eigenvalue weighted by Gasteiger charge is -2.18. The Morgan fingerprint density at radius 3 is 2.35 bits per heavy atom. The second-order valence-corrected chi connectivity index (χ2v) is 7.30. The van der Waals surface area contributed by atoms with E-state index in [-0.39, 0.29) is 11.5 Å². The molecule has 0 aliphatic carbocycles. The SMILES string of the molecule is CC(C)OCc1ccc(CNCc2cn[nH]c2C(C)(C)C)cc1. The van der Waals surface area contributed by atoms with Gasteiger partial charge in [0.1, 0.15) is 0 Å². The van der Waals surface area contributed by atoms with Crippen molar-refractivity contribution in [2.24, 2.45) is 0 Å². The van der Waals surface area contributed by atoms with Crippen LogP contribution in [0.1, 0.15) is 57.0 Å². The minimum atomic E-state index is 0.0889. The molecular formula is C19H29N3O. The summed E-state index contributed by atoms with van der Waals surface area (Å²) in [6, 6.07) is 8.59. The lowest BCUT2D eigenvalue weighted by Crippen LogP contribution is -2.19. The highest BCUT2D eigenvalue weighted by atomic mass is 16.5. The molecule has 0 radical (unpaired) electrons. The largest absolute Gasteiger partial charge is 0.374 e. The van der Waals surface area contributed by atoms with Gasteiger partial charge < -0.3 is 10.1 Å². The van der Waals surface area contributed by atoms with E-state index in [2.05, 4.69) is 74.4 Å². The molecule has 4 nitrogen and oxygen atoms in total. The zero-order valence-corrected chi connectivity index (χ0v) is 14.9. The van der Waals surface area contributed by atoms with Gasteiger partial charge in [0.25, 0.3) is 0 Å². The third kappa shape index (κ3) is 5.48. The van der Waals surface area contributed by atoms with Crippen molar-refractivity contribution in [1.29, 1.82) is 0 Å². The van der Waals surface area contributed by atoms with Crippen molar-refractivity contribution in [3.8, 4) is 0 Å². The van der Waals surface area contributed by atoms with Crippen LogP contribution in [0, 0.1) is 0 Å². The van der Waals surface area contributed by atoms with Crippen LogP contribution in [0.2, 0.25) is 0 Å². The van der Waals surface area contributed by atoms with Gasteiger partial charge in [-0.2, -0.15) is 5.10 Å². The molecule has 2 rings (SSSR count). The van der Waals surface area contributed by atoms with Crippen LogP contribution in [-0.2, 0) is 29.8 Å². The zero-order valence-electron chi connectivity index (χ0n) is 14.9. The van der Waals surface area contributed by atoms with Crippen molar-refractivity contribution in [1.82, 2.24) is 15.5 Å². The normalized spacial score (nSPS) is 12.1. The van der Waals surface area contributed by atoms with E-state index in [1.54, 1.807) is 0 Å². The van der Waals surface area contributed by atoms with Crippen molar-refractivity contribution in [3.05, 3.63) is 52.8 Å². The third-order valence-electron chi connectivity index (χ3n) is 3.72. The Balaban J connectivity index is 1.84. The number of aromatic amines is 1. The van der Waals surface area contributed by atoms with E-state index in [4.69, 9.17) is 4.74 Å². The quantitative estimate of drug-likeness (QED) is 0.814. The summed E-state index contributed by atoms with van der Waals surface area (Å²) in [7, 11) is 0. The van der Waals surface area contributed by atoms with Crippen molar-refractivity contribution in [2.45, 2.75) is 65.8 Å². The number of hydrogen-bond donors (Lipinski definition) is 2. The summed E-state index contributed by atoms with van der Waals surface area (Å²) in [4.78, 5) is 0. The molecule has 0 spiro atoms. The highest BCUT2D eigenvalue weighted by Crippen LogP contribution is 2.23. The van der Waals surface area contributed by atoms with Gasteiger partial charge >= 0.3 is 0 Å². The van der Waals surface area contributed by atoms with Gasteiger partial charge in [-0.15, -0.1) is 0 Å². The summed E-state index contributed by atoms with van der Waals surface area (Å²) >= 11 is 0. The minimum absolute atomic E-state index is 0.0889. The van der Waals surface area contributed by atoms with Gasteiger partial charge in [-0.1, -0.05) is 45.0 Å². The van der Waals surface area contributed by atoms with Crippen LogP contribution in [0.3, 0.4) is 0 Å². The van der Waals surface area contributed by atoms with Crippen LogP contribution in [0.4, 0.5) is 0 Å². The highest BCUT2D eigenvalue weighted by molar-refractivity contribution is 5.24. The van der Waals surface area contributed by atoms with Crippen molar-refractivity contribution in [2.75, 3.05) is 0 Å². The Morgan fingerprint density at radius 2 is 1.74 bits per heavy atom. The van der Waals surface area contributed by atoms with E-state index in [1.165, 1.54) is 22.4 Å². The van der Waals surface area contributed by atoms with Gasteiger partial charge in [-0.3, -0.25) is 5.10 Å². The fourth-order valence-electron chi connectivity index (χ4n) is 2.45. The lowest BCUT2D eigenvalue weighted by atomic mass is 9.89. The number of hydrogen-bond acceptors (Lipinski definition) is 3. The Labute approximate surface area is 139 Å². The summed E-state index contributed by atoms with van der Waals surface area (Å²) in [5.74, 6) is 0. The molecule has 0 atom stereocenters. The number of benzene rings is 1. The summed E-state index contributed by atoms with van der Waals surface area (Å²) in [5.41, 5.74) is 5.02. The Kier molecular flexibility index (Phi) is 5.97. The van der Waals surface area contributed by atoms with E-state index in [1.807, 2.05) is 6.20 Å². The Morgan fingerprint density at radius 1 is 1.09 bits per heavy atom. The number of nitrogens with zero attached hydrogens (tertiary/aromatic N) is 1. The molecule has 0 fully saturated rings. The molecule has 2 aromatic rings. The molecular weight excluding hydrogens is 286 g/mol. The van der Waals surface area contributed by atoms with E-state index in [9.17, 15) is 0 Å². The summed E-state index contributed by atoms with van der Waals surface area (Å²) in [6.07, 6.45) is 2.18. The maximum atomic E-state index is 5.62. The fourth-order valence-corrected chi connectivity index (χ4v) is 2.45. The first kappa shape index (κ1) is 17.7. The first-order chi connectivity index (χ1) is 10.9. The van der Waals surface area contributed by atoms with Gasteiger partial charge in [0.2, 0.25) is 0 Å². The fraction of sp³-hybridized carbons (Fsp3) is 0.526. The van der Waals surface area contributed by atoms with E-state index in [0.29, 0.717) is 6.61 Å². The van der Waals surface area contributed by atoms with Crippen LogP contribution >= 0.6 is 0 Å². The van der Waals surface area contributed by atoms with Gasteiger partial charge in [-0.25, -0.2) is 0 Å². The molecule has 0 saturated carbocycles. The number of aromatic nitrogens is 2. The molecule has 1 heterocycles. The molecule has 0 aliphatic rings. The lowest BCUT2D eigenvalue weighted by molar-refractivity contribution is 0.0657. The molecule has 4 heteroatoms. The number of nitrogens with one attached hydrogen (secondary N) is 2. The standard InChI is InChI=1S/C19H29N3O/c1-14(2)23-13-16-8-6-15(7-9-16)10-20-11-17-12-21-22-18(17)19(3,4)5/h6-9,12,14,20H,10-11,13H2,1-5H3,(H,21,22). The molecule has 1 aromatic heterocycles. The molecule has 0 unspecified atom stereocenters. The van der Waals surface area contributed by atoms with Crippen LogP contribution in [0.25, 0.3) is 0 Å². The molecule has 2 N–H and O–H groups in total. The predicted molar refractivity (Wildman–Crippen MR) is 94.2 cm³/mol. The van der Waals surface area contributed by atoms with Crippen LogP contribution in [-0.4, -0.2) is 16.3 Å². The van der Waals surface area contributed by atoms with Gasteiger partial charge in [-0.05, 0) is 25.0 Å². The second-order valence-electron chi connectivity index (χ2n) is 7.30. The summed E-state index contributed by atoms with van der Waals surface area (Å²) in [6.45, 7) is 13.0. The van der Waals surface area contributed by atoms with Gasteiger partial charge in [0.05, 0.1) is 18.9 Å². The monoisotopic (exact) mass is 315 g/mol. The molecule has 126 valence electrons. The molecule has 0 bridgehead atoms. The van der Waals surface area contributed by atoms with Gasteiger partial charge in [0.15, 0.2) is 0 Å².